The molecule has 2 fully saturated rings. The van der Waals surface area contributed by atoms with Crippen LogP contribution in [0.4, 0.5) is 11.6 Å². The van der Waals surface area contributed by atoms with E-state index in [1.54, 1.807) is 6.20 Å². The third-order valence-corrected chi connectivity index (χ3v) is 10.1. The van der Waals surface area contributed by atoms with E-state index < -0.39 is 15.8 Å². The molecule has 2 aliphatic heterocycles. The van der Waals surface area contributed by atoms with Crippen LogP contribution < -0.4 is 24.2 Å². The quantitative estimate of drug-likeness (QED) is 0.368. The molecule has 1 unspecified atom stereocenters. The Morgan fingerprint density at radius 1 is 1.05 bits per heavy atom. The summed E-state index contributed by atoms with van der Waals surface area (Å²) in [6, 6.07) is 11.1. The summed E-state index contributed by atoms with van der Waals surface area (Å²) >= 11 is -0.864. The zero-order chi connectivity index (χ0) is 26.5. The Bertz CT molecular complexity index is 1320. The van der Waals surface area contributed by atoms with Crippen molar-refractivity contribution >= 4 is 47.1 Å². The van der Waals surface area contributed by atoms with Crippen molar-refractivity contribution in [3.63, 3.8) is 0 Å². The number of nitriles is 1. The Hall–Kier alpha value is -2.99. The first-order valence-electron chi connectivity index (χ1n) is 13.4. The summed E-state index contributed by atoms with van der Waals surface area (Å²) in [6.07, 6.45) is 4.14. The second kappa shape index (κ2) is 12.2. The summed E-state index contributed by atoms with van der Waals surface area (Å²) in [4.78, 5) is 31.8. The van der Waals surface area contributed by atoms with E-state index in [4.69, 9.17) is 15.2 Å². The Morgan fingerprint density at radius 3 is 2.47 bits per heavy atom. The van der Waals surface area contributed by atoms with Gasteiger partial charge in [0.15, 0.2) is 0 Å². The molecule has 0 aliphatic carbocycles. The van der Waals surface area contributed by atoms with E-state index in [9.17, 15) is 4.79 Å². The second-order valence-corrected chi connectivity index (χ2v) is 13.2. The van der Waals surface area contributed by atoms with Gasteiger partial charge < -0.3 is 0 Å². The van der Waals surface area contributed by atoms with Gasteiger partial charge in [0.2, 0.25) is 0 Å². The molecule has 2 aliphatic rings. The molecule has 2 saturated heterocycles. The SMILES string of the molecule is CN(C)CCN1CCN(c2ccc([AsH]c3nc(N4CCC(CC#N)CC4)nc4cn[nH]c(=O)c34)cc2)CC1. The molecule has 1 atom stereocenters. The number of aromatic amines is 1. The third-order valence-electron chi connectivity index (χ3n) is 7.51. The summed E-state index contributed by atoms with van der Waals surface area (Å²) in [5.41, 5.74) is 1.62. The van der Waals surface area contributed by atoms with Gasteiger partial charge >= 0.3 is 231 Å². The van der Waals surface area contributed by atoms with E-state index in [2.05, 4.69) is 74.2 Å². The van der Waals surface area contributed by atoms with Crippen molar-refractivity contribution in [1.29, 1.82) is 5.26 Å². The minimum atomic E-state index is -0.864. The first kappa shape index (κ1) is 26.6. The number of fused-ring (bicyclic) bond motifs is 1. The first-order chi connectivity index (χ1) is 18.5. The van der Waals surface area contributed by atoms with Crippen molar-refractivity contribution in [3.05, 3.63) is 40.8 Å². The molecule has 0 saturated carbocycles. The van der Waals surface area contributed by atoms with Gasteiger partial charge in [-0.3, -0.25) is 0 Å². The van der Waals surface area contributed by atoms with Crippen molar-refractivity contribution in [2.24, 2.45) is 5.92 Å². The van der Waals surface area contributed by atoms with Gasteiger partial charge in [-0.1, -0.05) is 0 Å². The number of rotatable bonds is 8. The van der Waals surface area contributed by atoms with Crippen molar-refractivity contribution in [3.8, 4) is 6.07 Å². The summed E-state index contributed by atoms with van der Waals surface area (Å²) in [7, 11) is 4.25. The van der Waals surface area contributed by atoms with Crippen molar-refractivity contribution in [2.45, 2.75) is 19.3 Å². The van der Waals surface area contributed by atoms with E-state index in [0.717, 1.165) is 69.7 Å². The maximum absolute atomic E-state index is 12.7. The number of likely N-dealkylation sites (N-methyl/N-ethyl adjacent to an activating group) is 1. The molecule has 1 aromatic carbocycles. The number of piperidine rings is 1. The van der Waals surface area contributed by atoms with E-state index in [1.165, 1.54) is 10.0 Å². The average molecular weight is 578 g/mol. The fourth-order valence-electron chi connectivity index (χ4n) is 5.15. The molecule has 1 N–H and O–H groups in total. The van der Waals surface area contributed by atoms with E-state index in [0.29, 0.717) is 29.2 Å². The van der Waals surface area contributed by atoms with Crippen LogP contribution in [-0.2, 0) is 0 Å². The van der Waals surface area contributed by atoms with Crippen LogP contribution in [0, 0.1) is 17.2 Å². The van der Waals surface area contributed by atoms with Crippen LogP contribution in [0.25, 0.3) is 10.9 Å². The molecule has 200 valence electrons. The van der Waals surface area contributed by atoms with Crippen LogP contribution in [0.15, 0.2) is 35.3 Å². The molecule has 11 heteroatoms. The number of H-pyrrole nitrogens is 1. The average Bonchev–Trinajstić information content (AvgIpc) is 2.93. The second-order valence-electron chi connectivity index (χ2n) is 10.4. The van der Waals surface area contributed by atoms with E-state index in [1.807, 2.05) is 0 Å². The zero-order valence-corrected chi connectivity index (χ0v) is 24.3. The zero-order valence-electron chi connectivity index (χ0n) is 22.2. The van der Waals surface area contributed by atoms with Gasteiger partial charge in [-0.25, -0.2) is 0 Å². The van der Waals surface area contributed by atoms with E-state index in [-0.39, 0.29) is 5.56 Å². The standard InChI is InChI=1S/C27H36AsN9O/c1-34(2)13-14-35-15-17-36(18-16-35)22-5-3-21(4-6-22)28-25-24-23(19-30-33-26(24)38)31-27(32-25)37-11-8-20(7-10-29)9-12-37/h3-6,19-20,28H,7-9,11-18H2,1-2H3,(H,33,38). The van der Waals surface area contributed by atoms with Crippen molar-refractivity contribution in [1.82, 2.24) is 30.0 Å². The van der Waals surface area contributed by atoms with E-state index >= 15 is 0 Å². The number of hydrogen-bond donors (Lipinski definition) is 1. The molecule has 3 aromatic rings. The molecule has 2 aromatic heterocycles. The number of anilines is 2. The van der Waals surface area contributed by atoms with Gasteiger partial charge in [0.05, 0.1) is 0 Å². The summed E-state index contributed by atoms with van der Waals surface area (Å²) in [5, 5.41) is 16.1. The summed E-state index contributed by atoms with van der Waals surface area (Å²) in [6.45, 7) is 8.11. The Balaban J connectivity index is 1.30. The molecule has 4 heterocycles. The third kappa shape index (κ3) is 6.34. The Morgan fingerprint density at radius 2 is 1.79 bits per heavy atom. The molecular weight excluding hydrogens is 541 g/mol. The van der Waals surface area contributed by atoms with Gasteiger partial charge in [0.25, 0.3) is 0 Å². The predicted molar refractivity (Wildman–Crippen MR) is 153 cm³/mol. The predicted octanol–water partition coefficient (Wildman–Crippen LogP) is -0.0859. The van der Waals surface area contributed by atoms with Crippen LogP contribution >= 0.6 is 0 Å². The molecule has 0 spiro atoms. The summed E-state index contributed by atoms with van der Waals surface area (Å²) in [5.74, 6) is 1.11. The maximum atomic E-state index is 12.7. The van der Waals surface area contributed by atoms with Gasteiger partial charge in [-0.2, -0.15) is 0 Å². The minimum absolute atomic E-state index is 0.232. The molecular formula is C27H36AsN9O. The fraction of sp³-hybridized carbons (Fsp3) is 0.519. The van der Waals surface area contributed by atoms with Crippen LogP contribution in [-0.4, -0.2) is 112 Å². The van der Waals surface area contributed by atoms with Gasteiger partial charge in [0, 0.05) is 0 Å². The summed E-state index contributed by atoms with van der Waals surface area (Å²) < 4.78 is 2.07. The number of hydrogen-bond acceptors (Lipinski definition) is 9. The van der Waals surface area contributed by atoms with Crippen molar-refractivity contribution < 1.29 is 0 Å². The topological polar surface area (TPSA) is 108 Å². The molecule has 0 radical (unpaired) electrons. The van der Waals surface area contributed by atoms with Gasteiger partial charge in [0.1, 0.15) is 0 Å². The molecule has 0 amide bonds. The monoisotopic (exact) mass is 577 g/mol. The van der Waals surface area contributed by atoms with Crippen LogP contribution in [0.1, 0.15) is 19.3 Å². The Labute approximate surface area is 230 Å². The number of piperazine rings is 1. The van der Waals surface area contributed by atoms with Crippen LogP contribution in [0.2, 0.25) is 0 Å². The molecule has 10 nitrogen and oxygen atoms in total. The molecule has 5 rings (SSSR count). The Kier molecular flexibility index (Phi) is 8.57. The molecule has 0 bridgehead atoms. The first-order valence-corrected chi connectivity index (χ1v) is 15.5. The number of nitrogens with zero attached hydrogens (tertiary/aromatic N) is 8. The van der Waals surface area contributed by atoms with Gasteiger partial charge in [-0.05, 0) is 0 Å². The number of benzene rings is 1. The number of nitrogens with one attached hydrogen (secondary N) is 1. The van der Waals surface area contributed by atoms with Gasteiger partial charge in [-0.15, -0.1) is 0 Å². The fourth-order valence-corrected chi connectivity index (χ4v) is 7.52. The van der Waals surface area contributed by atoms with Crippen LogP contribution in [0.5, 0.6) is 0 Å². The van der Waals surface area contributed by atoms with Crippen LogP contribution in [0.3, 0.4) is 0 Å². The van der Waals surface area contributed by atoms with Crippen molar-refractivity contribution in [2.75, 3.05) is 76.3 Å². The molecule has 38 heavy (non-hydrogen) atoms. The normalized spacial score (nSPS) is 17.6. The number of aromatic nitrogens is 4.